The number of rotatable bonds is 6. The third kappa shape index (κ3) is 6.07. The Kier molecular flexibility index (Phi) is 5.94. The molecule has 0 spiro atoms. The summed E-state index contributed by atoms with van der Waals surface area (Å²) in [5, 5.41) is 9.63. The van der Waals surface area contributed by atoms with Crippen LogP contribution in [-0.4, -0.2) is 23.8 Å². The van der Waals surface area contributed by atoms with Gasteiger partial charge in [0.2, 0.25) is 0 Å². The molecule has 0 fully saturated rings. The van der Waals surface area contributed by atoms with E-state index in [1.54, 1.807) is 6.92 Å². The lowest BCUT2D eigenvalue weighted by Gasteiger charge is -2.20. The standard InChI is InChI=1S/C12H20O3/c1-8(2)11(7-15-10(5)13)6-12(14)9(3)4/h11-12,14H,1,3,6-7H2,2,4-5H3. The van der Waals surface area contributed by atoms with Crippen LogP contribution in [0.4, 0.5) is 0 Å². The summed E-state index contributed by atoms with van der Waals surface area (Å²) in [4.78, 5) is 10.7. The maximum Gasteiger partial charge on any atom is 0.302 e. The highest BCUT2D eigenvalue weighted by Crippen LogP contribution is 2.18. The molecule has 86 valence electrons. The molecule has 0 aliphatic rings. The van der Waals surface area contributed by atoms with E-state index in [-0.39, 0.29) is 18.5 Å². The quantitative estimate of drug-likeness (QED) is 0.541. The largest absolute Gasteiger partial charge is 0.465 e. The van der Waals surface area contributed by atoms with Gasteiger partial charge in [-0.25, -0.2) is 0 Å². The average molecular weight is 212 g/mol. The van der Waals surface area contributed by atoms with E-state index in [0.717, 1.165) is 5.57 Å². The van der Waals surface area contributed by atoms with Crippen LogP contribution >= 0.6 is 0 Å². The Morgan fingerprint density at radius 2 is 1.80 bits per heavy atom. The maximum absolute atomic E-state index is 10.7. The maximum atomic E-state index is 10.7. The van der Waals surface area contributed by atoms with Crippen molar-refractivity contribution in [3.63, 3.8) is 0 Å². The molecule has 3 heteroatoms. The van der Waals surface area contributed by atoms with Crippen molar-refractivity contribution in [2.75, 3.05) is 6.61 Å². The molecule has 0 amide bonds. The van der Waals surface area contributed by atoms with Crippen molar-refractivity contribution in [3.8, 4) is 0 Å². The predicted octanol–water partition coefficient (Wildman–Crippen LogP) is 2.07. The Morgan fingerprint density at radius 1 is 1.27 bits per heavy atom. The SMILES string of the molecule is C=C(C)C(O)CC(COC(C)=O)C(=C)C. The highest BCUT2D eigenvalue weighted by atomic mass is 16.5. The van der Waals surface area contributed by atoms with E-state index in [1.165, 1.54) is 6.92 Å². The lowest BCUT2D eigenvalue weighted by Crippen LogP contribution is -2.20. The minimum atomic E-state index is -0.567. The van der Waals surface area contributed by atoms with E-state index in [9.17, 15) is 9.90 Å². The van der Waals surface area contributed by atoms with Crippen molar-refractivity contribution in [1.82, 2.24) is 0 Å². The van der Waals surface area contributed by atoms with Crippen LogP contribution < -0.4 is 0 Å². The Bertz CT molecular complexity index is 256. The lowest BCUT2D eigenvalue weighted by atomic mass is 9.93. The zero-order valence-corrected chi connectivity index (χ0v) is 9.75. The number of ether oxygens (including phenoxy) is 1. The summed E-state index contributed by atoms with van der Waals surface area (Å²) in [6, 6.07) is 0. The van der Waals surface area contributed by atoms with Gasteiger partial charge in [-0.2, -0.15) is 0 Å². The van der Waals surface area contributed by atoms with Gasteiger partial charge in [0, 0.05) is 12.8 Å². The van der Waals surface area contributed by atoms with E-state index in [1.807, 2.05) is 6.92 Å². The first-order chi connectivity index (χ1) is 6.84. The molecule has 3 nitrogen and oxygen atoms in total. The van der Waals surface area contributed by atoms with Gasteiger partial charge in [-0.05, 0) is 20.3 Å². The van der Waals surface area contributed by atoms with E-state index in [0.29, 0.717) is 12.0 Å². The third-order valence-electron chi connectivity index (χ3n) is 2.26. The molecule has 0 aromatic carbocycles. The van der Waals surface area contributed by atoms with Gasteiger partial charge in [0.05, 0.1) is 12.7 Å². The van der Waals surface area contributed by atoms with Crippen LogP contribution in [0.5, 0.6) is 0 Å². The monoisotopic (exact) mass is 212 g/mol. The molecule has 15 heavy (non-hydrogen) atoms. The van der Waals surface area contributed by atoms with Crippen molar-refractivity contribution in [2.24, 2.45) is 5.92 Å². The fourth-order valence-corrected chi connectivity index (χ4v) is 1.10. The van der Waals surface area contributed by atoms with Gasteiger partial charge < -0.3 is 9.84 Å². The number of carbonyl (C=O) groups is 1. The number of aliphatic hydroxyl groups excluding tert-OH is 1. The first-order valence-electron chi connectivity index (χ1n) is 4.96. The topological polar surface area (TPSA) is 46.5 Å². The molecule has 0 bridgehead atoms. The highest BCUT2D eigenvalue weighted by Gasteiger charge is 2.16. The van der Waals surface area contributed by atoms with Gasteiger partial charge in [0.25, 0.3) is 0 Å². The highest BCUT2D eigenvalue weighted by molar-refractivity contribution is 5.65. The van der Waals surface area contributed by atoms with E-state index >= 15 is 0 Å². The minimum absolute atomic E-state index is 0.0133. The zero-order valence-electron chi connectivity index (χ0n) is 9.75. The number of hydrogen-bond acceptors (Lipinski definition) is 3. The number of esters is 1. The Labute approximate surface area is 91.4 Å². The fourth-order valence-electron chi connectivity index (χ4n) is 1.10. The van der Waals surface area contributed by atoms with Crippen LogP contribution in [0.2, 0.25) is 0 Å². The summed E-state index contributed by atoms with van der Waals surface area (Å²) < 4.78 is 4.91. The first kappa shape index (κ1) is 13.9. The Balaban J connectivity index is 4.22. The molecule has 0 aromatic rings. The smallest absolute Gasteiger partial charge is 0.302 e. The molecule has 1 N–H and O–H groups in total. The van der Waals surface area contributed by atoms with Crippen LogP contribution in [0.25, 0.3) is 0 Å². The number of hydrogen-bond donors (Lipinski definition) is 1. The second-order valence-corrected chi connectivity index (χ2v) is 3.94. The normalized spacial score (nSPS) is 14.1. The molecule has 2 unspecified atom stereocenters. The van der Waals surface area contributed by atoms with Crippen molar-refractivity contribution in [1.29, 1.82) is 0 Å². The molecular weight excluding hydrogens is 192 g/mol. The summed E-state index contributed by atoms with van der Waals surface area (Å²) in [6.07, 6.45) is -0.0694. The van der Waals surface area contributed by atoms with Gasteiger partial charge >= 0.3 is 5.97 Å². The molecule has 0 saturated heterocycles. The second-order valence-electron chi connectivity index (χ2n) is 3.94. The molecule has 0 aliphatic heterocycles. The second kappa shape index (κ2) is 6.40. The summed E-state index contributed by atoms with van der Waals surface area (Å²) in [5.41, 5.74) is 1.61. The average Bonchev–Trinajstić information content (AvgIpc) is 2.10. The van der Waals surface area contributed by atoms with Crippen molar-refractivity contribution in [3.05, 3.63) is 24.3 Å². The molecular formula is C12H20O3. The van der Waals surface area contributed by atoms with Crippen LogP contribution in [0.15, 0.2) is 24.3 Å². The molecule has 0 heterocycles. The van der Waals surface area contributed by atoms with Gasteiger partial charge in [0.1, 0.15) is 0 Å². The summed E-state index contributed by atoms with van der Waals surface area (Å²) in [5.74, 6) is -0.327. The van der Waals surface area contributed by atoms with Crippen LogP contribution in [0.1, 0.15) is 27.2 Å². The lowest BCUT2D eigenvalue weighted by molar-refractivity contribution is -0.142. The van der Waals surface area contributed by atoms with Gasteiger partial charge in [-0.15, -0.1) is 0 Å². The molecule has 0 radical (unpaired) electrons. The predicted molar refractivity (Wildman–Crippen MR) is 60.4 cm³/mol. The zero-order chi connectivity index (χ0) is 12.0. The summed E-state index contributed by atoms with van der Waals surface area (Å²) in [7, 11) is 0. The Morgan fingerprint density at radius 3 is 2.13 bits per heavy atom. The van der Waals surface area contributed by atoms with Gasteiger partial charge in [0.15, 0.2) is 0 Å². The van der Waals surface area contributed by atoms with E-state index < -0.39 is 6.10 Å². The van der Waals surface area contributed by atoms with Crippen molar-refractivity contribution < 1.29 is 14.6 Å². The fraction of sp³-hybridized carbons (Fsp3) is 0.583. The third-order valence-corrected chi connectivity index (χ3v) is 2.26. The first-order valence-corrected chi connectivity index (χ1v) is 4.96. The summed E-state index contributed by atoms with van der Waals surface area (Å²) >= 11 is 0. The number of aliphatic hydroxyl groups is 1. The minimum Gasteiger partial charge on any atom is -0.465 e. The molecule has 0 rings (SSSR count). The summed E-state index contributed by atoms with van der Waals surface area (Å²) in [6.45, 7) is 12.8. The van der Waals surface area contributed by atoms with Crippen LogP contribution in [0.3, 0.4) is 0 Å². The van der Waals surface area contributed by atoms with E-state index in [4.69, 9.17) is 4.74 Å². The van der Waals surface area contributed by atoms with Gasteiger partial charge in [-0.3, -0.25) is 4.79 Å². The molecule has 0 aromatic heterocycles. The van der Waals surface area contributed by atoms with Crippen LogP contribution in [0, 0.1) is 5.92 Å². The van der Waals surface area contributed by atoms with E-state index in [2.05, 4.69) is 13.2 Å². The van der Waals surface area contributed by atoms with Gasteiger partial charge in [-0.1, -0.05) is 24.3 Å². The Hall–Kier alpha value is -1.09. The molecule has 0 aliphatic carbocycles. The van der Waals surface area contributed by atoms with Crippen LogP contribution in [-0.2, 0) is 9.53 Å². The number of carbonyl (C=O) groups excluding carboxylic acids is 1. The van der Waals surface area contributed by atoms with Crippen molar-refractivity contribution >= 4 is 5.97 Å². The molecule has 2 atom stereocenters. The van der Waals surface area contributed by atoms with Crippen molar-refractivity contribution in [2.45, 2.75) is 33.3 Å². The molecule has 0 saturated carbocycles.